The van der Waals surface area contributed by atoms with Crippen LogP contribution in [0.4, 0.5) is 0 Å². The maximum Gasteiger partial charge on any atom is 0.356 e. The van der Waals surface area contributed by atoms with Gasteiger partial charge in [0.15, 0.2) is 5.69 Å². The minimum absolute atomic E-state index is 0.00517. The van der Waals surface area contributed by atoms with Crippen molar-refractivity contribution >= 4 is 11.9 Å². The molecule has 2 aromatic rings. The molecule has 3 rings (SSSR count). The van der Waals surface area contributed by atoms with E-state index in [0.29, 0.717) is 24.1 Å². The third-order valence-corrected chi connectivity index (χ3v) is 4.42. The highest BCUT2D eigenvalue weighted by Gasteiger charge is 2.28. The first kappa shape index (κ1) is 16.2. The number of aromatic carboxylic acids is 1. The third kappa shape index (κ3) is 2.91. The minimum Gasteiger partial charge on any atom is -0.476 e. The maximum absolute atomic E-state index is 12.7. The smallest absolute Gasteiger partial charge is 0.356 e. The van der Waals surface area contributed by atoms with Crippen LogP contribution in [0, 0.1) is 0 Å². The number of nitrogens with one attached hydrogen (secondary N) is 1. The number of benzene rings is 1. The van der Waals surface area contributed by atoms with Crippen LogP contribution in [0.25, 0.3) is 0 Å². The molecule has 1 aromatic heterocycles. The summed E-state index contributed by atoms with van der Waals surface area (Å²) >= 11 is 0. The predicted molar refractivity (Wildman–Crippen MR) is 89.1 cm³/mol. The van der Waals surface area contributed by atoms with Gasteiger partial charge in [-0.1, -0.05) is 32.9 Å². The fourth-order valence-electron chi connectivity index (χ4n) is 2.94. The largest absolute Gasteiger partial charge is 0.476 e. The third-order valence-electron chi connectivity index (χ3n) is 4.42. The maximum atomic E-state index is 12.7. The van der Waals surface area contributed by atoms with E-state index in [9.17, 15) is 14.7 Å². The van der Waals surface area contributed by atoms with E-state index in [1.54, 1.807) is 4.90 Å². The number of carboxylic acids is 1. The second kappa shape index (κ2) is 5.78. The molecule has 126 valence electrons. The Bertz CT molecular complexity index is 785. The Balaban J connectivity index is 1.81. The van der Waals surface area contributed by atoms with Crippen LogP contribution in [-0.2, 0) is 18.4 Å². The highest BCUT2D eigenvalue weighted by Crippen LogP contribution is 2.24. The number of rotatable bonds is 2. The Labute approximate surface area is 140 Å². The Morgan fingerprint density at radius 1 is 1.21 bits per heavy atom. The first-order chi connectivity index (χ1) is 11.3. The number of H-pyrrole nitrogens is 1. The molecule has 1 amide bonds. The summed E-state index contributed by atoms with van der Waals surface area (Å²) in [6, 6.07) is 7.63. The zero-order chi connectivity index (χ0) is 17.5. The fraction of sp³-hybridized carbons (Fsp3) is 0.389. The van der Waals surface area contributed by atoms with Crippen molar-refractivity contribution in [3.8, 4) is 0 Å². The van der Waals surface area contributed by atoms with Gasteiger partial charge in [-0.05, 0) is 23.1 Å². The Morgan fingerprint density at radius 2 is 1.88 bits per heavy atom. The van der Waals surface area contributed by atoms with Gasteiger partial charge >= 0.3 is 5.97 Å². The number of fused-ring (bicyclic) bond motifs is 1. The summed E-state index contributed by atoms with van der Waals surface area (Å²) in [5, 5.41) is 15.8. The molecule has 0 atom stereocenters. The molecule has 6 heteroatoms. The van der Waals surface area contributed by atoms with E-state index in [2.05, 4.69) is 31.0 Å². The number of hydrogen-bond acceptors (Lipinski definition) is 3. The second-order valence-corrected chi connectivity index (χ2v) is 7.14. The molecule has 0 radical (unpaired) electrons. The number of amides is 1. The molecular weight excluding hydrogens is 306 g/mol. The lowest BCUT2D eigenvalue weighted by Crippen LogP contribution is -2.36. The summed E-state index contributed by atoms with van der Waals surface area (Å²) in [4.78, 5) is 25.6. The summed E-state index contributed by atoms with van der Waals surface area (Å²) < 4.78 is 0. The number of nitrogens with zero attached hydrogens (tertiary/aromatic N) is 2. The lowest BCUT2D eigenvalue weighted by molar-refractivity contribution is 0.0674. The van der Waals surface area contributed by atoms with E-state index in [1.807, 2.05) is 24.3 Å². The molecule has 2 N–H and O–H groups in total. The Morgan fingerprint density at radius 3 is 2.46 bits per heavy atom. The van der Waals surface area contributed by atoms with Crippen molar-refractivity contribution < 1.29 is 14.7 Å². The molecule has 24 heavy (non-hydrogen) atoms. The van der Waals surface area contributed by atoms with Gasteiger partial charge in [0.2, 0.25) is 0 Å². The number of hydrogen-bond donors (Lipinski definition) is 2. The Kier molecular flexibility index (Phi) is 3.91. The van der Waals surface area contributed by atoms with Crippen LogP contribution < -0.4 is 0 Å². The molecule has 0 unspecified atom stereocenters. The van der Waals surface area contributed by atoms with Crippen molar-refractivity contribution in [2.24, 2.45) is 0 Å². The van der Waals surface area contributed by atoms with Crippen molar-refractivity contribution in [1.29, 1.82) is 0 Å². The summed E-state index contributed by atoms with van der Waals surface area (Å²) in [7, 11) is 0. The van der Waals surface area contributed by atoms with Gasteiger partial charge in [-0.15, -0.1) is 0 Å². The van der Waals surface area contributed by atoms with Crippen LogP contribution in [0.2, 0.25) is 0 Å². The average molecular weight is 327 g/mol. The van der Waals surface area contributed by atoms with Crippen LogP contribution in [0.1, 0.15) is 58.4 Å². The standard InChI is InChI=1S/C18H21N3O3/c1-18(2,3)12-6-4-11(5-7-12)16(22)21-9-8-14-13(10-21)15(17(23)24)20-19-14/h4-7H,8-10H2,1-3H3,(H,19,20)(H,23,24). The molecule has 0 fully saturated rings. The lowest BCUT2D eigenvalue weighted by atomic mass is 9.86. The van der Waals surface area contributed by atoms with Crippen molar-refractivity contribution in [3.63, 3.8) is 0 Å². The van der Waals surface area contributed by atoms with E-state index in [-0.39, 0.29) is 23.6 Å². The van der Waals surface area contributed by atoms with Crippen molar-refractivity contribution in [2.45, 2.75) is 39.2 Å². The van der Waals surface area contributed by atoms with Gasteiger partial charge in [0.05, 0.1) is 6.54 Å². The molecule has 0 aliphatic carbocycles. The predicted octanol–water partition coefficient (Wildman–Crippen LogP) is 2.60. The van der Waals surface area contributed by atoms with Gasteiger partial charge in [0.25, 0.3) is 5.91 Å². The summed E-state index contributed by atoms with van der Waals surface area (Å²) in [6.45, 7) is 7.20. The van der Waals surface area contributed by atoms with E-state index in [0.717, 1.165) is 5.69 Å². The van der Waals surface area contributed by atoms with Gasteiger partial charge < -0.3 is 10.0 Å². The average Bonchev–Trinajstić information content (AvgIpc) is 2.96. The number of carbonyl (C=O) groups is 2. The highest BCUT2D eigenvalue weighted by molar-refractivity contribution is 5.95. The van der Waals surface area contributed by atoms with Crippen molar-refractivity contribution in [2.75, 3.05) is 6.54 Å². The topological polar surface area (TPSA) is 86.3 Å². The minimum atomic E-state index is -1.07. The number of aromatic amines is 1. The van der Waals surface area contributed by atoms with Crippen molar-refractivity contribution in [3.05, 3.63) is 52.3 Å². The number of carboxylic acid groups (broad SMARTS) is 1. The van der Waals surface area contributed by atoms with Gasteiger partial charge in [-0.2, -0.15) is 5.10 Å². The SMILES string of the molecule is CC(C)(C)c1ccc(C(=O)N2CCc3[nH]nc(C(=O)O)c3C2)cc1. The monoisotopic (exact) mass is 327 g/mol. The van der Waals surface area contributed by atoms with Crippen LogP contribution >= 0.6 is 0 Å². The molecule has 1 aliphatic heterocycles. The van der Waals surface area contributed by atoms with Gasteiger partial charge in [0, 0.05) is 29.8 Å². The first-order valence-electron chi connectivity index (χ1n) is 7.96. The molecule has 6 nitrogen and oxygen atoms in total. The molecule has 1 aromatic carbocycles. The fourth-order valence-corrected chi connectivity index (χ4v) is 2.94. The van der Waals surface area contributed by atoms with E-state index >= 15 is 0 Å². The molecule has 0 saturated heterocycles. The van der Waals surface area contributed by atoms with Crippen LogP contribution in [0.5, 0.6) is 0 Å². The van der Waals surface area contributed by atoms with Gasteiger partial charge in [0.1, 0.15) is 0 Å². The van der Waals surface area contributed by atoms with Crippen LogP contribution in [0.3, 0.4) is 0 Å². The lowest BCUT2D eigenvalue weighted by Gasteiger charge is -2.27. The molecule has 1 aliphatic rings. The highest BCUT2D eigenvalue weighted by atomic mass is 16.4. The van der Waals surface area contributed by atoms with E-state index in [1.165, 1.54) is 5.56 Å². The summed E-state index contributed by atoms with van der Waals surface area (Å²) in [5.74, 6) is -1.16. The molecule has 0 spiro atoms. The van der Waals surface area contributed by atoms with Gasteiger partial charge in [-0.3, -0.25) is 9.89 Å². The summed E-state index contributed by atoms with van der Waals surface area (Å²) in [5.41, 5.74) is 3.24. The second-order valence-electron chi connectivity index (χ2n) is 7.14. The van der Waals surface area contributed by atoms with Crippen LogP contribution in [0.15, 0.2) is 24.3 Å². The molecule has 0 bridgehead atoms. The van der Waals surface area contributed by atoms with Crippen LogP contribution in [-0.4, -0.2) is 38.6 Å². The normalized spacial score (nSPS) is 14.4. The quantitative estimate of drug-likeness (QED) is 0.888. The zero-order valence-electron chi connectivity index (χ0n) is 14.1. The Hall–Kier alpha value is -2.63. The van der Waals surface area contributed by atoms with Crippen molar-refractivity contribution in [1.82, 2.24) is 15.1 Å². The van der Waals surface area contributed by atoms with Gasteiger partial charge in [-0.25, -0.2) is 4.79 Å². The van der Waals surface area contributed by atoms with E-state index < -0.39 is 5.97 Å². The number of carbonyl (C=O) groups excluding carboxylic acids is 1. The molecule has 2 heterocycles. The first-order valence-corrected chi connectivity index (χ1v) is 7.96. The number of aromatic nitrogens is 2. The molecular formula is C18H21N3O3. The molecule has 0 saturated carbocycles. The van der Waals surface area contributed by atoms with E-state index in [4.69, 9.17) is 0 Å². The summed E-state index contributed by atoms with van der Waals surface area (Å²) in [6.07, 6.45) is 0.585. The zero-order valence-corrected chi connectivity index (χ0v) is 14.1.